The number of nitrogen functional groups attached to an aromatic ring is 1. The molecule has 0 aromatic heterocycles. The number of hydrogen-bond acceptors (Lipinski definition) is 3. The summed E-state index contributed by atoms with van der Waals surface area (Å²) in [5.74, 6) is 0.165. The van der Waals surface area contributed by atoms with E-state index < -0.39 is 5.82 Å². The summed E-state index contributed by atoms with van der Waals surface area (Å²) in [5.41, 5.74) is 6.10. The van der Waals surface area contributed by atoms with Crippen molar-refractivity contribution in [2.45, 2.75) is 32.1 Å². The molecule has 1 aliphatic carbocycles. The summed E-state index contributed by atoms with van der Waals surface area (Å²) in [6, 6.07) is 4.12. The molecule has 110 valence electrons. The van der Waals surface area contributed by atoms with Crippen molar-refractivity contribution in [2.75, 3.05) is 24.3 Å². The first-order valence-corrected chi connectivity index (χ1v) is 7.08. The highest BCUT2D eigenvalue weighted by Gasteiger charge is 2.20. The van der Waals surface area contributed by atoms with Gasteiger partial charge < -0.3 is 15.8 Å². The van der Waals surface area contributed by atoms with Gasteiger partial charge in [0.05, 0.1) is 5.69 Å². The number of nitrogens with one attached hydrogen (secondary N) is 1. The molecule has 4 nitrogen and oxygen atoms in total. The van der Waals surface area contributed by atoms with Crippen LogP contribution in [0, 0.1) is 11.7 Å². The fraction of sp³-hybridized carbons (Fsp3) is 0.533. The maximum absolute atomic E-state index is 13.4. The lowest BCUT2D eigenvalue weighted by Crippen LogP contribution is -2.13. The standard InChI is InChI=1S/C15H21FN2O2/c16-13-6-5-12(17)10-14(13)18-15(19)2-1-8-20-9-7-11-3-4-11/h5-6,10-11H,1-4,7-9,17H2,(H,18,19). The summed E-state index contributed by atoms with van der Waals surface area (Å²) in [7, 11) is 0. The molecular formula is C15H21FN2O2. The highest BCUT2D eigenvalue weighted by molar-refractivity contribution is 5.91. The molecule has 0 bridgehead atoms. The predicted octanol–water partition coefficient (Wildman–Crippen LogP) is 2.94. The first kappa shape index (κ1) is 14.8. The molecular weight excluding hydrogens is 259 g/mol. The number of ether oxygens (including phenoxy) is 1. The fourth-order valence-corrected chi connectivity index (χ4v) is 1.94. The topological polar surface area (TPSA) is 64.3 Å². The number of carbonyl (C=O) groups excluding carboxylic acids is 1. The van der Waals surface area contributed by atoms with Crippen LogP contribution in [0.5, 0.6) is 0 Å². The van der Waals surface area contributed by atoms with Gasteiger partial charge in [-0.2, -0.15) is 0 Å². The minimum absolute atomic E-state index is 0.129. The van der Waals surface area contributed by atoms with Gasteiger partial charge in [0, 0.05) is 25.3 Å². The lowest BCUT2D eigenvalue weighted by Gasteiger charge is -2.07. The minimum Gasteiger partial charge on any atom is -0.399 e. The molecule has 0 radical (unpaired) electrons. The minimum atomic E-state index is -0.478. The zero-order valence-corrected chi connectivity index (χ0v) is 11.5. The Morgan fingerprint density at radius 3 is 2.95 bits per heavy atom. The Kier molecular flexibility index (Phi) is 5.35. The van der Waals surface area contributed by atoms with Gasteiger partial charge in [0.1, 0.15) is 5.82 Å². The summed E-state index contributed by atoms with van der Waals surface area (Å²) in [6.45, 7) is 1.34. The van der Waals surface area contributed by atoms with E-state index in [1.54, 1.807) is 0 Å². The van der Waals surface area contributed by atoms with Crippen molar-refractivity contribution in [1.29, 1.82) is 0 Å². The molecule has 0 atom stereocenters. The molecule has 5 heteroatoms. The maximum Gasteiger partial charge on any atom is 0.224 e. The van der Waals surface area contributed by atoms with Gasteiger partial charge in [-0.3, -0.25) is 4.79 Å². The molecule has 1 aliphatic rings. The van der Waals surface area contributed by atoms with Crippen LogP contribution in [0.2, 0.25) is 0 Å². The second-order valence-corrected chi connectivity index (χ2v) is 5.24. The SMILES string of the molecule is Nc1ccc(F)c(NC(=O)CCCOCCC2CC2)c1. The zero-order valence-electron chi connectivity index (χ0n) is 11.5. The Morgan fingerprint density at radius 1 is 1.40 bits per heavy atom. The molecule has 0 aliphatic heterocycles. The average molecular weight is 280 g/mol. The summed E-state index contributed by atoms with van der Waals surface area (Å²) < 4.78 is 18.9. The molecule has 1 fully saturated rings. The number of nitrogens with two attached hydrogens (primary N) is 1. The Hall–Kier alpha value is -1.62. The van der Waals surface area contributed by atoms with E-state index in [1.165, 1.54) is 31.0 Å². The molecule has 1 aromatic rings. The van der Waals surface area contributed by atoms with Crippen LogP contribution >= 0.6 is 0 Å². The van der Waals surface area contributed by atoms with Crippen molar-refractivity contribution in [3.63, 3.8) is 0 Å². The monoisotopic (exact) mass is 280 g/mol. The van der Waals surface area contributed by atoms with Gasteiger partial charge in [0.15, 0.2) is 0 Å². The molecule has 1 aromatic carbocycles. The second kappa shape index (κ2) is 7.24. The first-order chi connectivity index (χ1) is 9.65. The summed E-state index contributed by atoms with van der Waals surface area (Å²) in [6.07, 6.45) is 4.74. The lowest BCUT2D eigenvalue weighted by atomic mass is 10.2. The lowest BCUT2D eigenvalue weighted by molar-refractivity contribution is -0.116. The largest absolute Gasteiger partial charge is 0.399 e. The van der Waals surface area contributed by atoms with Gasteiger partial charge in [-0.1, -0.05) is 12.8 Å². The van der Waals surface area contributed by atoms with E-state index in [9.17, 15) is 9.18 Å². The van der Waals surface area contributed by atoms with E-state index in [0.717, 1.165) is 18.9 Å². The van der Waals surface area contributed by atoms with E-state index in [0.29, 0.717) is 25.1 Å². The molecule has 2 rings (SSSR count). The van der Waals surface area contributed by atoms with Gasteiger partial charge in [0.25, 0.3) is 0 Å². The van der Waals surface area contributed by atoms with Crippen molar-refractivity contribution in [3.8, 4) is 0 Å². The van der Waals surface area contributed by atoms with Gasteiger partial charge in [0.2, 0.25) is 5.91 Å². The van der Waals surface area contributed by atoms with Crippen LogP contribution in [0.3, 0.4) is 0 Å². The van der Waals surface area contributed by atoms with Gasteiger partial charge in [-0.15, -0.1) is 0 Å². The van der Waals surface area contributed by atoms with Crippen molar-refractivity contribution < 1.29 is 13.9 Å². The highest BCUT2D eigenvalue weighted by Crippen LogP contribution is 2.32. The summed E-state index contributed by atoms with van der Waals surface area (Å²) in [5, 5.41) is 2.52. The number of hydrogen-bond donors (Lipinski definition) is 2. The number of anilines is 2. The number of rotatable bonds is 8. The van der Waals surface area contributed by atoms with Crippen LogP contribution in [0.15, 0.2) is 18.2 Å². The summed E-state index contributed by atoms with van der Waals surface area (Å²) in [4.78, 5) is 11.7. The van der Waals surface area contributed by atoms with Crippen molar-refractivity contribution in [2.24, 2.45) is 5.92 Å². The van der Waals surface area contributed by atoms with E-state index in [2.05, 4.69) is 5.32 Å². The predicted molar refractivity (Wildman–Crippen MR) is 76.8 cm³/mol. The van der Waals surface area contributed by atoms with Crippen LogP contribution in [0.25, 0.3) is 0 Å². The third-order valence-electron chi connectivity index (χ3n) is 3.32. The number of carbonyl (C=O) groups is 1. The Bertz CT molecular complexity index is 461. The van der Waals surface area contributed by atoms with Crippen LogP contribution in [-0.2, 0) is 9.53 Å². The molecule has 20 heavy (non-hydrogen) atoms. The molecule has 0 heterocycles. The first-order valence-electron chi connectivity index (χ1n) is 7.08. The quantitative estimate of drug-likeness (QED) is 0.568. The van der Waals surface area contributed by atoms with Gasteiger partial charge in [-0.25, -0.2) is 4.39 Å². The molecule has 0 spiro atoms. The van der Waals surface area contributed by atoms with Gasteiger partial charge >= 0.3 is 0 Å². The van der Waals surface area contributed by atoms with Crippen LogP contribution in [0.4, 0.5) is 15.8 Å². The van der Waals surface area contributed by atoms with Crippen molar-refractivity contribution >= 4 is 17.3 Å². The van der Waals surface area contributed by atoms with Crippen LogP contribution < -0.4 is 11.1 Å². The van der Waals surface area contributed by atoms with E-state index >= 15 is 0 Å². The molecule has 0 unspecified atom stereocenters. The Balaban J connectivity index is 1.60. The highest BCUT2D eigenvalue weighted by atomic mass is 19.1. The van der Waals surface area contributed by atoms with Crippen molar-refractivity contribution in [1.82, 2.24) is 0 Å². The maximum atomic E-state index is 13.4. The zero-order chi connectivity index (χ0) is 14.4. The van der Waals surface area contributed by atoms with E-state index in [1.807, 2.05) is 0 Å². The van der Waals surface area contributed by atoms with Crippen LogP contribution in [0.1, 0.15) is 32.1 Å². The summed E-state index contributed by atoms with van der Waals surface area (Å²) >= 11 is 0. The number of benzene rings is 1. The molecule has 0 saturated heterocycles. The average Bonchev–Trinajstić information content (AvgIpc) is 3.22. The third kappa shape index (κ3) is 5.17. The fourth-order valence-electron chi connectivity index (χ4n) is 1.94. The molecule has 1 amide bonds. The van der Waals surface area contributed by atoms with E-state index in [4.69, 9.17) is 10.5 Å². The number of halogens is 1. The van der Waals surface area contributed by atoms with E-state index in [-0.39, 0.29) is 11.6 Å². The van der Waals surface area contributed by atoms with Gasteiger partial charge in [-0.05, 0) is 37.0 Å². The second-order valence-electron chi connectivity index (χ2n) is 5.24. The molecule has 1 saturated carbocycles. The Labute approximate surface area is 118 Å². The smallest absolute Gasteiger partial charge is 0.224 e. The molecule has 3 N–H and O–H groups in total. The number of amides is 1. The normalized spacial score (nSPS) is 14.2. The van der Waals surface area contributed by atoms with Crippen LogP contribution in [-0.4, -0.2) is 19.1 Å². The third-order valence-corrected chi connectivity index (χ3v) is 3.32. The van der Waals surface area contributed by atoms with Crippen molar-refractivity contribution in [3.05, 3.63) is 24.0 Å². The Morgan fingerprint density at radius 2 is 2.20 bits per heavy atom.